The summed E-state index contributed by atoms with van der Waals surface area (Å²) in [4.78, 5) is 39.0. The molecule has 0 aliphatic rings. The lowest BCUT2D eigenvalue weighted by atomic mass is 10.2. The van der Waals surface area contributed by atoms with E-state index in [0.717, 1.165) is 5.69 Å². The van der Waals surface area contributed by atoms with Gasteiger partial charge in [0.1, 0.15) is 0 Å². The second kappa shape index (κ2) is 10.5. The third-order valence-corrected chi connectivity index (χ3v) is 7.20. The molecule has 3 aromatic rings. The third-order valence-electron chi connectivity index (χ3n) is 5.14. The summed E-state index contributed by atoms with van der Waals surface area (Å²) in [5.41, 5.74) is 1.61. The molecule has 1 amide bonds. The Kier molecular flexibility index (Phi) is 7.69. The zero-order chi connectivity index (χ0) is 24.9. The van der Waals surface area contributed by atoms with Gasteiger partial charge >= 0.3 is 11.7 Å². The number of carbonyl (C=O) groups is 2. The van der Waals surface area contributed by atoms with Crippen molar-refractivity contribution in [2.75, 3.05) is 25.0 Å². The first kappa shape index (κ1) is 24.9. The van der Waals surface area contributed by atoms with Crippen LogP contribution in [0.2, 0.25) is 0 Å². The Balaban J connectivity index is 1.57. The van der Waals surface area contributed by atoms with Gasteiger partial charge in [-0.3, -0.25) is 9.36 Å². The Labute approximate surface area is 197 Å². The molecule has 2 N–H and O–H groups in total. The molecule has 0 aliphatic heterocycles. The molecular weight excluding hydrogens is 460 g/mol. The minimum Gasteiger partial charge on any atom is -0.452 e. The van der Waals surface area contributed by atoms with Gasteiger partial charge in [-0.25, -0.2) is 18.0 Å². The molecule has 11 heteroatoms. The minimum absolute atomic E-state index is 0.126. The van der Waals surface area contributed by atoms with E-state index in [-0.39, 0.29) is 16.1 Å². The molecule has 2 aromatic carbocycles. The van der Waals surface area contributed by atoms with E-state index in [4.69, 9.17) is 4.74 Å². The number of carbonyl (C=O) groups excluding carboxylic acids is 2. The molecule has 0 atom stereocenters. The van der Waals surface area contributed by atoms with E-state index < -0.39 is 28.5 Å². The summed E-state index contributed by atoms with van der Waals surface area (Å²) in [6.07, 6.45) is 1.58. The number of imidazole rings is 1. The molecule has 0 bridgehead atoms. The maximum atomic E-state index is 12.5. The largest absolute Gasteiger partial charge is 0.452 e. The molecule has 0 radical (unpaired) electrons. The fourth-order valence-electron chi connectivity index (χ4n) is 3.36. The Morgan fingerprint density at radius 1 is 1.03 bits per heavy atom. The summed E-state index contributed by atoms with van der Waals surface area (Å²) >= 11 is 0. The summed E-state index contributed by atoms with van der Waals surface area (Å²) in [5.74, 6) is -1.26. The van der Waals surface area contributed by atoms with Crippen LogP contribution in [0.5, 0.6) is 0 Å². The number of hydrogen-bond acceptors (Lipinski definition) is 6. The average Bonchev–Trinajstić information content (AvgIpc) is 3.16. The standard InChI is InChI=1S/C23H26N4O6S/c1-4-26(5-2)34(31,32)20-12-8-18(9-13-20)25-21(28)15-33-22(29)17-6-10-19(11-7-17)27-16(3)14-24-23(27)30/h6-14H,4-5,15H2,1-3H3,(H,24,30)(H,25,28). The van der Waals surface area contributed by atoms with Gasteiger partial charge in [-0.05, 0) is 55.5 Å². The third kappa shape index (κ3) is 5.43. The molecule has 3 rings (SSSR count). The van der Waals surface area contributed by atoms with Crippen molar-refractivity contribution in [3.05, 3.63) is 76.5 Å². The first-order valence-corrected chi connectivity index (χ1v) is 12.1. The highest BCUT2D eigenvalue weighted by molar-refractivity contribution is 7.89. The van der Waals surface area contributed by atoms with Crippen molar-refractivity contribution in [2.45, 2.75) is 25.7 Å². The Bertz CT molecular complexity index is 1320. The van der Waals surface area contributed by atoms with E-state index in [1.807, 2.05) is 0 Å². The SMILES string of the molecule is CCN(CC)S(=O)(=O)c1ccc(NC(=O)COC(=O)c2ccc(-n3c(C)c[nH]c3=O)cc2)cc1. The summed E-state index contributed by atoms with van der Waals surface area (Å²) < 4.78 is 32.9. The zero-order valence-corrected chi connectivity index (χ0v) is 19.9. The number of sulfonamides is 1. The number of aromatic amines is 1. The van der Waals surface area contributed by atoms with Crippen molar-refractivity contribution in [3.8, 4) is 5.69 Å². The van der Waals surface area contributed by atoms with Crippen molar-refractivity contribution in [3.63, 3.8) is 0 Å². The van der Waals surface area contributed by atoms with Crippen LogP contribution in [0.25, 0.3) is 5.69 Å². The molecule has 0 spiro atoms. The fourth-order valence-corrected chi connectivity index (χ4v) is 4.82. The summed E-state index contributed by atoms with van der Waals surface area (Å²) in [5, 5.41) is 2.56. The van der Waals surface area contributed by atoms with Crippen molar-refractivity contribution in [1.82, 2.24) is 13.9 Å². The number of amides is 1. The maximum Gasteiger partial charge on any atom is 0.338 e. The number of ether oxygens (including phenoxy) is 1. The predicted octanol–water partition coefficient (Wildman–Crippen LogP) is 2.30. The van der Waals surface area contributed by atoms with Crippen LogP contribution in [0, 0.1) is 6.92 Å². The van der Waals surface area contributed by atoms with Crippen molar-refractivity contribution >= 4 is 27.6 Å². The smallest absolute Gasteiger partial charge is 0.338 e. The Morgan fingerprint density at radius 2 is 1.65 bits per heavy atom. The number of benzene rings is 2. The Hall–Kier alpha value is -3.70. The van der Waals surface area contributed by atoms with Crippen LogP contribution < -0.4 is 11.0 Å². The molecule has 0 unspecified atom stereocenters. The van der Waals surface area contributed by atoms with Crippen LogP contribution in [-0.2, 0) is 19.6 Å². The van der Waals surface area contributed by atoms with Crippen LogP contribution in [0.1, 0.15) is 29.9 Å². The lowest BCUT2D eigenvalue weighted by Gasteiger charge is -2.18. The topological polar surface area (TPSA) is 131 Å². The molecule has 1 heterocycles. The van der Waals surface area contributed by atoms with Crippen LogP contribution in [0.15, 0.2) is 64.4 Å². The molecule has 0 aliphatic carbocycles. The first-order chi connectivity index (χ1) is 16.2. The number of esters is 1. The number of nitrogens with one attached hydrogen (secondary N) is 2. The van der Waals surface area contributed by atoms with Gasteiger partial charge in [0.05, 0.1) is 16.1 Å². The second-order valence-corrected chi connectivity index (χ2v) is 9.29. The quantitative estimate of drug-likeness (QED) is 0.446. The van der Waals surface area contributed by atoms with Crippen molar-refractivity contribution in [2.24, 2.45) is 0 Å². The second-order valence-electron chi connectivity index (χ2n) is 7.36. The molecule has 1 aromatic heterocycles. The number of aromatic nitrogens is 2. The van der Waals surface area contributed by atoms with Gasteiger partial charge in [0.25, 0.3) is 5.91 Å². The van der Waals surface area contributed by atoms with E-state index in [0.29, 0.717) is 24.5 Å². The van der Waals surface area contributed by atoms with Gasteiger partial charge in [0.15, 0.2) is 6.61 Å². The highest BCUT2D eigenvalue weighted by Crippen LogP contribution is 2.18. The summed E-state index contributed by atoms with van der Waals surface area (Å²) in [7, 11) is -3.59. The molecule has 0 fully saturated rings. The molecule has 0 saturated heterocycles. The van der Waals surface area contributed by atoms with Gasteiger partial charge in [0, 0.05) is 30.7 Å². The average molecular weight is 487 g/mol. The van der Waals surface area contributed by atoms with Crippen LogP contribution >= 0.6 is 0 Å². The van der Waals surface area contributed by atoms with Crippen LogP contribution in [0.4, 0.5) is 5.69 Å². The molecular formula is C23H26N4O6S. The van der Waals surface area contributed by atoms with Crippen molar-refractivity contribution < 1.29 is 22.7 Å². The lowest BCUT2D eigenvalue weighted by Crippen LogP contribution is -2.30. The minimum atomic E-state index is -3.59. The molecule has 34 heavy (non-hydrogen) atoms. The van der Waals surface area contributed by atoms with E-state index in [1.54, 1.807) is 39.1 Å². The number of aryl methyl sites for hydroxylation is 1. The monoisotopic (exact) mass is 486 g/mol. The predicted molar refractivity (Wildman–Crippen MR) is 127 cm³/mol. The van der Waals surface area contributed by atoms with Gasteiger partial charge in [-0.1, -0.05) is 13.8 Å². The first-order valence-electron chi connectivity index (χ1n) is 10.6. The number of anilines is 1. The van der Waals surface area contributed by atoms with Gasteiger partial charge in [-0.15, -0.1) is 0 Å². The van der Waals surface area contributed by atoms with E-state index in [9.17, 15) is 22.8 Å². The van der Waals surface area contributed by atoms with Gasteiger partial charge < -0.3 is 15.0 Å². The lowest BCUT2D eigenvalue weighted by molar-refractivity contribution is -0.119. The van der Waals surface area contributed by atoms with Gasteiger partial charge in [-0.2, -0.15) is 4.31 Å². The van der Waals surface area contributed by atoms with E-state index in [1.165, 1.54) is 45.3 Å². The van der Waals surface area contributed by atoms with Crippen LogP contribution in [0.3, 0.4) is 0 Å². The number of nitrogens with zero attached hydrogens (tertiary/aromatic N) is 2. The molecule has 10 nitrogen and oxygen atoms in total. The normalized spacial score (nSPS) is 11.4. The van der Waals surface area contributed by atoms with Crippen molar-refractivity contribution in [1.29, 1.82) is 0 Å². The summed E-state index contributed by atoms with van der Waals surface area (Å²) in [6.45, 7) is 5.49. The number of rotatable bonds is 9. The number of hydrogen-bond donors (Lipinski definition) is 2. The molecule has 0 saturated carbocycles. The number of H-pyrrole nitrogens is 1. The zero-order valence-electron chi connectivity index (χ0n) is 19.1. The molecule has 180 valence electrons. The fraction of sp³-hybridized carbons (Fsp3) is 0.261. The van der Waals surface area contributed by atoms with Crippen LogP contribution in [-0.4, -0.2) is 53.8 Å². The highest BCUT2D eigenvalue weighted by Gasteiger charge is 2.21. The van der Waals surface area contributed by atoms with E-state index in [2.05, 4.69) is 10.3 Å². The van der Waals surface area contributed by atoms with Gasteiger partial charge in [0.2, 0.25) is 10.0 Å². The van der Waals surface area contributed by atoms with E-state index >= 15 is 0 Å². The maximum absolute atomic E-state index is 12.5. The Morgan fingerprint density at radius 3 is 2.18 bits per heavy atom. The summed E-state index contributed by atoms with van der Waals surface area (Å²) in [6, 6.07) is 12.0. The highest BCUT2D eigenvalue weighted by atomic mass is 32.2.